The van der Waals surface area contributed by atoms with Gasteiger partial charge in [-0.3, -0.25) is 0 Å². The highest BCUT2D eigenvalue weighted by Crippen LogP contribution is 2.04. The number of anilines is 1. The minimum Gasteiger partial charge on any atom is -0.350 e. The number of nitrogens with zero attached hydrogens (tertiary/aromatic N) is 3. The second-order valence-corrected chi connectivity index (χ2v) is 3.11. The van der Waals surface area contributed by atoms with Gasteiger partial charge in [-0.25, -0.2) is 9.97 Å². The first kappa shape index (κ1) is 10.4. The van der Waals surface area contributed by atoms with Crippen LogP contribution >= 0.6 is 0 Å². The van der Waals surface area contributed by atoms with Gasteiger partial charge >= 0.3 is 0 Å². The fourth-order valence-corrected chi connectivity index (χ4v) is 0.970. The molecule has 0 aliphatic carbocycles. The normalized spacial score (nSPS) is 11.9. The predicted octanol–water partition coefficient (Wildman–Crippen LogP) is 0.416. The smallest absolute Gasteiger partial charge is 0.224 e. The lowest BCUT2D eigenvalue weighted by Crippen LogP contribution is -2.26. The Labute approximate surface area is 83.0 Å². The van der Waals surface area contributed by atoms with E-state index < -0.39 is 0 Å². The molecule has 14 heavy (non-hydrogen) atoms. The van der Waals surface area contributed by atoms with Gasteiger partial charge < -0.3 is 11.1 Å². The summed E-state index contributed by atoms with van der Waals surface area (Å²) in [6.07, 6.45) is 0. The van der Waals surface area contributed by atoms with Crippen molar-refractivity contribution in [3.05, 3.63) is 17.5 Å². The summed E-state index contributed by atoms with van der Waals surface area (Å²) in [6, 6.07) is 3.71. The molecule has 1 aromatic heterocycles. The molecule has 0 saturated heterocycles. The van der Waals surface area contributed by atoms with Crippen molar-refractivity contribution in [3.63, 3.8) is 0 Å². The minimum absolute atomic E-state index is 0.100. The molecule has 0 fully saturated rings. The first-order chi connectivity index (χ1) is 6.65. The van der Waals surface area contributed by atoms with E-state index in [0.29, 0.717) is 18.2 Å². The van der Waals surface area contributed by atoms with Crippen LogP contribution in [0.15, 0.2) is 6.07 Å². The zero-order chi connectivity index (χ0) is 10.6. The highest BCUT2D eigenvalue weighted by molar-refractivity contribution is 5.33. The molecule has 1 aromatic rings. The SMILES string of the molecule is Cc1cc(C#N)nc(NC(C)CN)n1. The largest absolute Gasteiger partial charge is 0.350 e. The quantitative estimate of drug-likeness (QED) is 0.722. The van der Waals surface area contributed by atoms with Crippen LogP contribution in [-0.2, 0) is 0 Å². The van der Waals surface area contributed by atoms with Crippen molar-refractivity contribution in [2.45, 2.75) is 19.9 Å². The maximum absolute atomic E-state index is 8.69. The van der Waals surface area contributed by atoms with Crippen molar-refractivity contribution >= 4 is 5.95 Å². The van der Waals surface area contributed by atoms with Crippen LogP contribution < -0.4 is 11.1 Å². The van der Waals surface area contributed by atoms with Crippen LogP contribution in [0.5, 0.6) is 0 Å². The van der Waals surface area contributed by atoms with E-state index in [4.69, 9.17) is 11.0 Å². The molecule has 1 heterocycles. The van der Waals surface area contributed by atoms with Crippen LogP contribution in [-0.4, -0.2) is 22.6 Å². The van der Waals surface area contributed by atoms with Gasteiger partial charge in [0.25, 0.3) is 0 Å². The molecule has 0 aromatic carbocycles. The summed E-state index contributed by atoms with van der Waals surface area (Å²) in [6.45, 7) is 4.25. The van der Waals surface area contributed by atoms with E-state index in [1.165, 1.54) is 0 Å². The second kappa shape index (κ2) is 4.53. The summed E-state index contributed by atoms with van der Waals surface area (Å²) in [5, 5.41) is 11.7. The summed E-state index contributed by atoms with van der Waals surface area (Å²) < 4.78 is 0. The molecular weight excluding hydrogens is 178 g/mol. The van der Waals surface area contributed by atoms with Crippen molar-refractivity contribution in [2.75, 3.05) is 11.9 Å². The number of hydrogen-bond donors (Lipinski definition) is 2. The Hall–Kier alpha value is -1.67. The van der Waals surface area contributed by atoms with Gasteiger partial charge in [0.15, 0.2) is 0 Å². The number of rotatable bonds is 3. The summed E-state index contributed by atoms with van der Waals surface area (Å²) in [5.41, 5.74) is 6.58. The Morgan fingerprint density at radius 1 is 1.64 bits per heavy atom. The predicted molar refractivity (Wildman–Crippen MR) is 53.6 cm³/mol. The van der Waals surface area contributed by atoms with Crippen molar-refractivity contribution < 1.29 is 0 Å². The fourth-order valence-electron chi connectivity index (χ4n) is 0.970. The third-order valence-corrected chi connectivity index (χ3v) is 1.70. The van der Waals surface area contributed by atoms with Crippen molar-refractivity contribution in [1.29, 1.82) is 5.26 Å². The van der Waals surface area contributed by atoms with Gasteiger partial charge in [0.2, 0.25) is 5.95 Å². The average Bonchev–Trinajstić information content (AvgIpc) is 2.16. The zero-order valence-electron chi connectivity index (χ0n) is 8.28. The monoisotopic (exact) mass is 191 g/mol. The van der Waals surface area contributed by atoms with Gasteiger partial charge in [-0.2, -0.15) is 5.26 Å². The lowest BCUT2D eigenvalue weighted by molar-refractivity contribution is 0.788. The molecule has 0 spiro atoms. The zero-order valence-corrected chi connectivity index (χ0v) is 8.28. The van der Waals surface area contributed by atoms with Gasteiger partial charge in [-0.1, -0.05) is 0 Å². The molecule has 0 aliphatic rings. The van der Waals surface area contributed by atoms with Crippen LogP contribution in [0, 0.1) is 18.3 Å². The highest BCUT2D eigenvalue weighted by atomic mass is 15.1. The first-order valence-electron chi connectivity index (χ1n) is 4.38. The lowest BCUT2D eigenvalue weighted by Gasteiger charge is -2.11. The van der Waals surface area contributed by atoms with Gasteiger partial charge in [-0.15, -0.1) is 0 Å². The maximum atomic E-state index is 8.69. The number of nitrogens with two attached hydrogens (primary N) is 1. The van der Waals surface area contributed by atoms with E-state index in [2.05, 4.69) is 15.3 Å². The standard InChI is InChI=1S/C9H13N5/c1-6-3-8(5-11)14-9(12-6)13-7(2)4-10/h3,7H,4,10H2,1-2H3,(H,12,13,14). The Kier molecular flexibility index (Phi) is 3.37. The topological polar surface area (TPSA) is 87.6 Å². The van der Waals surface area contributed by atoms with Crippen LogP contribution in [0.1, 0.15) is 18.3 Å². The minimum atomic E-state index is 0.100. The van der Waals surface area contributed by atoms with E-state index in [9.17, 15) is 0 Å². The molecule has 0 amide bonds. The van der Waals surface area contributed by atoms with Crippen LogP contribution in [0.2, 0.25) is 0 Å². The molecule has 0 radical (unpaired) electrons. The molecule has 0 aliphatic heterocycles. The lowest BCUT2D eigenvalue weighted by atomic mass is 10.3. The van der Waals surface area contributed by atoms with Crippen molar-refractivity contribution in [3.8, 4) is 6.07 Å². The van der Waals surface area contributed by atoms with Gasteiger partial charge in [0, 0.05) is 18.3 Å². The number of aryl methyl sites for hydroxylation is 1. The molecule has 5 heteroatoms. The third-order valence-electron chi connectivity index (χ3n) is 1.70. The Morgan fingerprint density at radius 3 is 2.93 bits per heavy atom. The summed E-state index contributed by atoms with van der Waals surface area (Å²) in [7, 11) is 0. The van der Waals surface area contributed by atoms with Gasteiger partial charge in [0.1, 0.15) is 11.8 Å². The highest BCUT2D eigenvalue weighted by Gasteiger charge is 2.04. The first-order valence-corrected chi connectivity index (χ1v) is 4.38. The van der Waals surface area contributed by atoms with E-state index in [1.54, 1.807) is 6.07 Å². The average molecular weight is 191 g/mol. The van der Waals surface area contributed by atoms with E-state index in [1.807, 2.05) is 19.9 Å². The Balaban J connectivity index is 2.88. The molecule has 0 saturated carbocycles. The summed E-state index contributed by atoms with van der Waals surface area (Å²) in [5.74, 6) is 0.458. The number of aromatic nitrogens is 2. The number of nitriles is 1. The molecule has 3 N–H and O–H groups in total. The van der Waals surface area contributed by atoms with E-state index >= 15 is 0 Å². The van der Waals surface area contributed by atoms with Crippen LogP contribution in [0.3, 0.4) is 0 Å². The van der Waals surface area contributed by atoms with Crippen molar-refractivity contribution in [2.24, 2.45) is 5.73 Å². The Morgan fingerprint density at radius 2 is 2.36 bits per heavy atom. The van der Waals surface area contributed by atoms with Gasteiger partial charge in [-0.05, 0) is 19.9 Å². The summed E-state index contributed by atoms with van der Waals surface area (Å²) >= 11 is 0. The second-order valence-electron chi connectivity index (χ2n) is 3.11. The molecule has 1 atom stereocenters. The number of hydrogen-bond acceptors (Lipinski definition) is 5. The van der Waals surface area contributed by atoms with Crippen LogP contribution in [0.25, 0.3) is 0 Å². The molecule has 1 rings (SSSR count). The molecule has 1 unspecified atom stereocenters. The molecule has 74 valence electrons. The van der Waals surface area contributed by atoms with E-state index in [-0.39, 0.29) is 6.04 Å². The summed E-state index contributed by atoms with van der Waals surface area (Å²) in [4.78, 5) is 8.14. The number of nitrogens with one attached hydrogen (secondary N) is 1. The maximum Gasteiger partial charge on any atom is 0.224 e. The van der Waals surface area contributed by atoms with E-state index in [0.717, 1.165) is 5.69 Å². The van der Waals surface area contributed by atoms with Crippen LogP contribution in [0.4, 0.5) is 5.95 Å². The molecule has 0 bridgehead atoms. The van der Waals surface area contributed by atoms with Gasteiger partial charge in [0.05, 0.1) is 0 Å². The van der Waals surface area contributed by atoms with Crippen molar-refractivity contribution in [1.82, 2.24) is 9.97 Å². The third kappa shape index (κ3) is 2.68. The molecular formula is C9H13N5. The fraction of sp³-hybridized carbons (Fsp3) is 0.444. The molecule has 5 nitrogen and oxygen atoms in total. The Bertz CT molecular complexity index is 355.